The number of amides is 1. The largest absolute Gasteiger partial charge is 0.490 e. The van der Waals surface area contributed by atoms with Gasteiger partial charge in [-0.25, -0.2) is 9.97 Å². The van der Waals surface area contributed by atoms with Crippen LogP contribution in [0.1, 0.15) is 82.9 Å². The van der Waals surface area contributed by atoms with Crippen molar-refractivity contribution in [2.45, 2.75) is 109 Å². The molecular formula is C31H45N5O5. The van der Waals surface area contributed by atoms with Gasteiger partial charge in [0.1, 0.15) is 29.5 Å². The van der Waals surface area contributed by atoms with Crippen LogP contribution in [0.25, 0.3) is 11.5 Å². The first-order valence-corrected chi connectivity index (χ1v) is 15.4. The Morgan fingerprint density at radius 2 is 2.00 bits per heavy atom. The molecule has 0 spiro atoms. The molecule has 3 atom stereocenters. The number of aromatic nitrogens is 3. The predicted octanol–water partition coefficient (Wildman–Crippen LogP) is 3.97. The highest BCUT2D eigenvalue weighted by Crippen LogP contribution is 2.32. The Morgan fingerprint density at radius 1 is 1.15 bits per heavy atom. The number of aliphatic hydroxyl groups is 1. The maximum atomic E-state index is 12.8. The molecule has 2 aromatic heterocycles. The Kier molecular flexibility index (Phi) is 9.72. The summed E-state index contributed by atoms with van der Waals surface area (Å²) < 4.78 is 18.6. The van der Waals surface area contributed by atoms with E-state index in [1.807, 2.05) is 24.1 Å². The number of anilines is 1. The second-order valence-electron chi connectivity index (χ2n) is 11.6. The fourth-order valence-corrected chi connectivity index (χ4v) is 6.07. The lowest BCUT2D eigenvalue weighted by atomic mass is 9.98. The summed E-state index contributed by atoms with van der Waals surface area (Å²) in [5.41, 5.74) is 2.30. The summed E-state index contributed by atoms with van der Waals surface area (Å²) in [6.45, 7) is 5.56. The van der Waals surface area contributed by atoms with Crippen LogP contribution in [0, 0.1) is 0 Å². The summed E-state index contributed by atoms with van der Waals surface area (Å²) in [7, 11) is 1.88. The van der Waals surface area contributed by atoms with Crippen molar-refractivity contribution >= 4 is 11.7 Å². The van der Waals surface area contributed by atoms with E-state index in [0.29, 0.717) is 23.9 Å². The Morgan fingerprint density at radius 3 is 2.73 bits per heavy atom. The highest BCUT2D eigenvalue weighted by molar-refractivity contribution is 5.81. The van der Waals surface area contributed by atoms with Crippen LogP contribution in [0.2, 0.25) is 0 Å². The van der Waals surface area contributed by atoms with E-state index >= 15 is 0 Å². The summed E-state index contributed by atoms with van der Waals surface area (Å²) in [5.74, 6) is 1.85. The molecule has 1 aliphatic heterocycles. The monoisotopic (exact) mass is 567 g/mol. The van der Waals surface area contributed by atoms with E-state index in [2.05, 4.69) is 24.1 Å². The molecule has 41 heavy (non-hydrogen) atoms. The second kappa shape index (κ2) is 13.4. The van der Waals surface area contributed by atoms with Crippen molar-refractivity contribution in [3.63, 3.8) is 0 Å². The number of aliphatic hydroxyl groups excluding tert-OH is 1. The molecule has 5 rings (SSSR count). The second-order valence-corrected chi connectivity index (χ2v) is 11.6. The summed E-state index contributed by atoms with van der Waals surface area (Å²) >= 11 is 0. The number of ether oxygens (including phenoxy) is 3. The number of pyridine rings is 1. The zero-order valence-corrected chi connectivity index (χ0v) is 24.7. The van der Waals surface area contributed by atoms with Gasteiger partial charge in [-0.2, -0.15) is 0 Å². The van der Waals surface area contributed by atoms with Gasteiger partial charge >= 0.3 is 0 Å². The number of nitrogens with one attached hydrogen (secondary N) is 1. The van der Waals surface area contributed by atoms with E-state index in [1.165, 1.54) is 0 Å². The number of aryl methyl sites for hydroxylation is 1. The predicted molar refractivity (Wildman–Crippen MR) is 156 cm³/mol. The van der Waals surface area contributed by atoms with Crippen LogP contribution in [0.5, 0.6) is 5.75 Å². The number of rotatable bonds is 12. The van der Waals surface area contributed by atoms with Gasteiger partial charge in [0.15, 0.2) is 12.1 Å². The fraction of sp³-hybridized carbons (Fsp3) is 0.677. The first kappa shape index (κ1) is 29.7. The molecule has 0 radical (unpaired) electrons. The van der Waals surface area contributed by atoms with Crippen LogP contribution in [-0.2, 0) is 27.1 Å². The van der Waals surface area contributed by atoms with Gasteiger partial charge in [0.2, 0.25) is 5.91 Å². The first-order chi connectivity index (χ1) is 19.9. The van der Waals surface area contributed by atoms with E-state index in [-0.39, 0.29) is 24.8 Å². The third-order valence-corrected chi connectivity index (χ3v) is 8.75. The molecule has 2 aliphatic carbocycles. The Bertz CT molecular complexity index is 1180. The van der Waals surface area contributed by atoms with Crippen molar-refractivity contribution in [3.8, 4) is 17.3 Å². The summed E-state index contributed by atoms with van der Waals surface area (Å²) in [6.07, 6.45) is 11.1. The van der Waals surface area contributed by atoms with Crippen LogP contribution in [-0.4, -0.2) is 76.8 Å². The number of hydrogen-bond acceptors (Lipinski definition) is 9. The lowest BCUT2D eigenvalue weighted by molar-refractivity contribution is -0.234. The fourth-order valence-electron chi connectivity index (χ4n) is 6.07. The van der Waals surface area contributed by atoms with Crippen LogP contribution < -0.4 is 15.0 Å². The van der Waals surface area contributed by atoms with Crippen LogP contribution in [0.4, 0.5) is 5.82 Å². The van der Waals surface area contributed by atoms with E-state index in [0.717, 1.165) is 94.3 Å². The topological polar surface area (TPSA) is 119 Å². The minimum absolute atomic E-state index is 0.116. The molecule has 1 saturated carbocycles. The molecule has 1 amide bonds. The molecule has 3 aliphatic rings. The van der Waals surface area contributed by atoms with Gasteiger partial charge in [0.05, 0.1) is 18.7 Å². The number of carbonyl (C=O) groups excluding carboxylic acids is 1. The number of likely N-dealkylation sites (N-methyl/N-ethyl adjacent to an activating group) is 1. The summed E-state index contributed by atoms with van der Waals surface area (Å²) in [6, 6.07) is 3.55. The third-order valence-electron chi connectivity index (χ3n) is 8.75. The lowest BCUT2D eigenvalue weighted by Crippen LogP contribution is -2.44. The van der Waals surface area contributed by atoms with Crippen molar-refractivity contribution in [1.29, 1.82) is 0 Å². The molecule has 1 saturated heterocycles. The lowest BCUT2D eigenvalue weighted by Gasteiger charge is -2.36. The third kappa shape index (κ3) is 7.16. The van der Waals surface area contributed by atoms with E-state index < -0.39 is 11.7 Å². The molecule has 10 heteroatoms. The Balaban J connectivity index is 1.30. The Hall–Kier alpha value is -2.82. The van der Waals surface area contributed by atoms with Crippen LogP contribution in [0.3, 0.4) is 0 Å². The zero-order valence-electron chi connectivity index (χ0n) is 24.7. The molecule has 1 unspecified atom stereocenters. The molecule has 2 fully saturated rings. The number of hydrogen-bond donors (Lipinski definition) is 2. The number of nitrogens with zero attached hydrogens (tertiary/aromatic N) is 4. The van der Waals surface area contributed by atoms with Gasteiger partial charge in [-0.1, -0.05) is 13.8 Å². The minimum Gasteiger partial charge on any atom is -0.490 e. The van der Waals surface area contributed by atoms with Crippen molar-refractivity contribution in [2.24, 2.45) is 0 Å². The van der Waals surface area contributed by atoms with Gasteiger partial charge in [-0.3, -0.25) is 9.78 Å². The van der Waals surface area contributed by atoms with Crippen LogP contribution in [0.15, 0.2) is 18.3 Å². The van der Waals surface area contributed by atoms with Gasteiger partial charge in [0.25, 0.3) is 0 Å². The minimum atomic E-state index is -0.466. The summed E-state index contributed by atoms with van der Waals surface area (Å²) in [4.78, 5) is 29.0. The normalized spacial score (nSPS) is 22.4. The maximum Gasteiger partial charge on any atom is 0.239 e. The molecule has 224 valence electrons. The van der Waals surface area contributed by atoms with Crippen molar-refractivity contribution in [2.75, 3.05) is 31.7 Å². The molecule has 2 N–H and O–H groups in total. The molecule has 0 aromatic carbocycles. The average Bonchev–Trinajstić information content (AvgIpc) is 3.64. The van der Waals surface area contributed by atoms with Crippen molar-refractivity contribution in [3.05, 3.63) is 29.6 Å². The number of carbonyl (C=O) groups is 1. The average molecular weight is 568 g/mol. The SMILES string of the molecule is CCC(CC)(COc1ccnc(-c2nc3c(c(N(C)CC(=O)N[C@@H]4CCC[C@@H]4O)n2)CCC3)c1)OC1CCCCO1. The Labute approximate surface area is 243 Å². The maximum absolute atomic E-state index is 12.8. The van der Waals surface area contributed by atoms with Gasteiger partial charge in [0, 0.05) is 37.2 Å². The molecule has 10 nitrogen and oxygen atoms in total. The van der Waals surface area contributed by atoms with E-state index in [4.69, 9.17) is 24.2 Å². The van der Waals surface area contributed by atoms with E-state index in [1.54, 1.807) is 6.20 Å². The van der Waals surface area contributed by atoms with E-state index in [9.17, 15) is 9.90 Å². The van der Waals surface area contributed by atoms with Gasteiger partial charge in [-0.15, -0.1) is 0 Å². The molecule has 0 bridgehead atoms. The standard InChI is InChI=1S/C31H45N5O5/c1-4-31(5-2,41-28-14-6-7-17-39-28)20-40-21-15-16-32-25(18-21)29-34-23-11-8-10-22(23)30(35-29)36(3)19-27(38)33-24-12-9-13-26(24)37/h15-16,18,24,26,28,37H,4-14,17,19-20H2,1-3H3,(H,33,38)/t24-,26+,28?/m1/s1. The number of fused-ring (bicyclic) bond motifs is 1. The highest BCUT2D eigenvalue weighted by Gasteiger charge is 2.33. The van der Waals surface area contributed by atoms with Crippen molar-refractivity contribution in [1.82, 2.24) is 20.3 Å². The quantitative estimate of drug-likeness (QED) is 0.393. The molecule has 3 heterocycles. The van der Waals surface area contributed by atoms with Crippen molar-refractivity contribution < 1.29 is 24.1 Å². The summed E-state index contributed by atoms with van der Waals surface area (Å²) in [5, 5.41) is 13.1. The molecular weight excluding hydrogens is 522 g/mol. The first-order valence-electron chi connectivity index (χ1n) is 15.4. The van der Waals surface area contributed by atoms with Crippen LogP contribution >= 0.6 is 0 Å². The highest BCUT2D eigenvalue weighted by atomic mass is 16.7. The van der Waals surface area contributed by atoms with Gasteiger partial charge in [-0.05, 0) is 76.7 Å². The smallest absolute Gasteiger partial charge is 0.239 e. The zero-order chi connectivity index (χ0) is 28.8. The van der Waals surface area contributed by atoms with Gasteiger partial charge < -0.3 is 29.5 Å². The molecule has 2 aromatic rings.